The second kappa shape index (κ2) is 10.6. The summed E-state index contributed by atoms with van der Waals surface area (Å²) in [6.07, 6.45) is -3.54. The number of fused-ring (bicyclic) bond motifs is 1. The second-order valence-electron chi connectivity index (χ2n) is 9.12. The average molecular weight is 516 g/mol. The van der Waals surface area contributed by atoms with Gasteiger partial charge in [-0.2, -0.15) is 13.2 Å². The molecule has 11 heteroatoms. The number of piperidine rings is 1. The van der Waals surface area contributed by atoms with Gasteiger partial charge in [0.25, 0.3) is 5.91 Å². The first-order valence-electron chi connectivity index (χ1n) is 11.8. The summed E-state index contributed by atoms with van der Waals surface area (Å²) in [7, 11) is 0. The van der Waals surface area contributed by atoms with Gasteiger partial charge in [-0.05, 0) is 57.0 Å². The van der Waals surface area contributed by atoms with E-state index in [1.807, 2.05) is 30.6 Å². The van der Waals surface area contributed by atoms with Gasteiger partial charge in [0.2, 0.25) is 5.95 Å². The van der Waals surface area contributed by atoms with Crippen molar-refractivity contribution in [3.63, 3.8) is 0 Å². The van der Waals surface area contributed by atoms with Gasteiger partial charge < -0.3 is 25.3 Å². The number of imidazole rings is 1. The first-order chi connectivity index (χ1) is 17.5. The Morgan fingerprint density at radius 1 is 1.19 bits per heavy atom. The fourth-order valence-corrected chi connectivity index (χ4v) is 4.19. The Bertz CT molecular complexity index is 1320. The Morgan fingerprint density at radius 3 is 2.59 bits per heavy atom. The molecule has 2 unspecified atom stereocenters. The van der Waals surface area contributed by atoms with Crippen LogP contribution >= 0.6 is 0 Å². The zero-order valence-electron chi connectivity index (χ0n) is 20.5. The molecule has 2 atom stereocenters. The number of allylic oxidation sites excluding steroid dienone is 2. The van der Waals surface area contributed by atoms with E-state index in [1.165, 1.54) is 4.90 Å². The van der Waals surface area contributed by atoms with Gasteiger partial charge in [0, 0.05) is 24.3 Å². The number of ether oxygens (including phenoxy) is 1. The van der Waals surface area contributed by atoms with Crippen LogP contribution in [0, 0.1) is 0 Å². The molecule has 2 aromatic carbocycles. The standard InChI is InChI=1S/C26H28F3N5O3/c1-16(2)12-14-33-21-15-18(31-22(35)17-7-4-3-5-8-17)10-11-20(21)32-25(33)34-13-6-9-19(30)23(34)37-24(36)26(27,28)29/h3-5,7-8,10-12,15,19,23H,6,9,13-14,30H2,1-2H3,(H,31,35). The zero-order chi connectivity index (χ0) is 26.7. The number of esters is 1. The summed E-state index contributed by atoms with van der Waals surface area (Å²) in [5, 5.41) is 2.87. The SMILES string of the molecule is CC(C)=CCn1c(N2CCCC(N)C2OC(=O)C(F)(F)F)nc2ccc(NC(=O)c3ccccc3)cc21. The maximum Gasteiger partial charge on any atom is 0.491 e. The number of rotatable bonds is 6. The summed E-state index contributed by atoms with van der Waals surface area (Å²) >= 11 is 0. The molecule has 3 aromatic rings. The second-order valence-corrected chi connectivity index (χ2v) is 9.12. The minimum absolute atomic E-state index is 0.281. The monoisotopic (exact) mass is 515 g/mol. The minimum Gasteiger partial charge on any atom is -0.433 e. The van der Waals surface area contributed by atoms with E-state index in [1.54, 1.807) is 42.5 Å². The third-order valence-corrected chi connectivity index (χ3v) is 6.03. The first-order valence-corrected chi connectivity index (χ1v) is 11.8. The number of carbonyl (C=O) groups is 2. The van der Waals surface area contributed by atoms with Crippen LogP contribution in [0.4, 0.5) is 24.8 Å². The van der Waals surface area contributed by atoms with E-state index in [0.29, 0.717) is 54.2 Å². The number of nitrogens with zero attached hydrogens (tertiary/aromatic N) is 3. The van der Waals surface area contributed by atoms with Crippen molar-refractivity contribution in [1.82, 2.24) is 9.55 Å². The topological polar surface area (TPSA) is 102 Å². The number of aromatic nitrogens is 2. The molecule has 1 aromatic heterocycles. The molecule has 0 aliphatic carbocycles. The van der Waals surface area contributed by atoms with Gasteiger partial charge in [-0.25, -0.2) is 9.78 Å². The molecule has 1 aliphatic rings. The van der Waals surface area contributed by atoms with Crippen molar-refractivity contribution in [1.29, 1.82) is 0 Å². The average Bonchev–Trinajstić information content (AvgIpc) is 3.21. The van der Waals surface area contributed by atoms with Crippen LogP contribution in [0.25, 0.3) is 11.0 Å². The number of anilines is 2. The summed E-state index contributed by atoms with van der Waals surface area (Å²) in [4.78, 5) is 30.5. The molecule has 0 radical (unpaired) electrons. The van der Waals surface area contributed by atoms with Crippen LogP contribution in [0.2, 0.25) is 0 Å². The van der Waals surface area contributed by atoms with Crippen LogP contribution in [-0.2, 0) is 16.1 Å². The van der Waals surface area contributed by atoms with E-state index in [9.17, 15) is 22.8 Å². The molecular formula is C26H28F3N5O3. The summed E-state index contributed by atoms with van der Waals surface area (Å²) in [6, 6.07) is 13.1. The third-order valence-electron chi connectivity index (χ3n) is 6.03. The van der Waals surface area contributed by atoms with Crippen molar-refractivity contribution in [3.8, 4) is 0 Å². The van der Waals surface area contributed by atoms with Crippen LogP contribution in [-0.4, -0.2) is 46.4 Å². The largest absolute Gasteiger partial charge is 0.491 e. The Morgan fingerprint density at radius 2 is 1.92 bits per heavy atom. The van der Waals surface area contributed by atoms with Crippen molar-refractivity contribution in [2.45, 2.75) is 51.7 Å². The van der Waals surface area contributed by atoms with Crippen molar-refractivity contribution in [3.05, 3.63) is 65.7 Å². The lowest BCUT2D eigenvalue weighted by Crippen LogP contribution is -2.56. The molecular weight excluding hydrogens is 487 g/mol. The summed E-state index contributed by atoms with van der Waals surface area (Å²) < 4.78 is 45.6. The molecule has 8 nitrogen and oxygen atoms in total. The fraction of sp³-hybridized carbons (Fsp3) is 0.346. The van der Waals surface area contributed by atoms with Crippen molar-refractivity contribution in [2.24, 2.45) is 5.73 Å². The molecule has 0 saturated carbocycles. The fourth-order valence-electron chi connectivity index (χ4n) is 4.19. The Kier molecular flexibility index (Phi) is 7.53. The van der Waals surface area contributed by atoms with Crippen molar-refractivity contribution >= 4 is 34.5 Å². The predicted molar refractivity (Wildman–Crippen MR) is 134 cm³/mol. The van der Waals surface area contributed by atoms with Gasteiger partial charge in [-0.1, -0.05) is 29.8 Å². The molecule has 2 heterocycles. The number of nitrogens with one attached hydrogen (secondary N) is 1. The Hall–Kier alpha value is -3.86. The van der Waals surface area contributed by atoms with Crippen LogP contribution < -0.4 is 16.0 Å². The van der Waals surface area contributed by atoms with Gasteiger partial charge in [0.15, 0.2) is 6.23 Å². The maximum absolute atomic E-state index is 13.0. The number of benzene rings is 2. The number of carbonyl (C=O) groups excluding carboxylic acids is 2. The number of amides is 1. The number of hydrogen-bond acceptors (Lipinski definition) is 6. The highest BCUT2D eigenvalue weighted by Crippen LogP contribution is 2.31. The molecule has 37 heavy (non-hydrogen) atoms. The van der Waals surface area contributed by atoms with Crippen molar-refractivity contribution < 1.29 is 27.5 Å². The smallest absolute Gasteiger partial charge is 0.433 e. The molecule has 0 bridgehead atoms. The van der Waals surface area contributed by atoms with Crippen LogP contribution in [0.1, 0.15) is 37.0 Å². The summed E-state index contributed by atoms with van der Waals surface area (Å²) in [6.45, 7) is 4.51. The Balaban J connectivity index is 1.73. The van der Waals surface area contributed by atoms with Crippen LogP contribution in [0.15, 0.2) is 60.2 Å². The van der Waals surface area contributed by atoms with Gasteiger partial charge >= 0.3 is 12.1 Å². The maximum atomic E-state index is 13.0. The van der Waals surface area contributed by atoms with Crippen LogP contribution in [0.3, 0.4) is 0 Å². The lowest BCUT2D eigenvalue weighted by molar-refractivity contribution is -0.206. The molecule has 3 N–H and O–H groups in total. The van der Waals surface area contributed by atoms with E-state index >= 15 is 0 Å². The molecule has 0 spiro atoms. The van der Waals surface area contributed by atoms with E-state index in [4.69, 9.17) is 10.5 Å². The lowest BCUT2D eigenvalue weighted by atomic mass is 10.0. The molecule has 1 aliphatic heterocycles. The molecule has 1 saturated heterocycles. The number of alkyl halides is 3. The van der Waals surface area contributed by atoms with Crippen LogP contribution in [0.5, 0.6) is 0 Å². The van der Waals surface area contributed by atoms with Gasteiger partial charge in [-0.3, -0.25) is 4.79 Å². The highest BCUT2D eigenvalue weighted by Gasteiger charge is 2.45. The van der Waals surface area contributed by atoms with E-state index < -0.39 is 24.4 Å². The normalized spacial score (nSPS) is 17.9. The predicted octanol–water partition coefficient (Wildman–Crippen LogP) is 4.61. The molecule has 1 amide bonds. The van der Waals surface area contributed by atoms with Gasteiger partial charge in [0.1, 0.15) is 0 Å². The van der Waals surface area contributed by atoms with Gasteiger partial charge in [0.05, 0.1) is 17.1 Å². The highest BCUT2D eigenvalue weighted by atomic mass is 19.4. The number of hydrogen-bond donors (Lipinski definition) is 2. The summed E-state index contributed by atoms with van der Waals surface area (Å²) in [5.74, 6) is -2.25. The zero-order valence-corrected chi connectivity index (χ0v) is 20.5. The molecule has 1 fully saturated rings. The van der Waals surface area contributed by atoms with E-state index in [0.717, 1.165) is 5.57 Å². The first kappa shape index (κ1) is 26.2. The quantitative estimate of drug-likeness (QED) is 0.367. The van der Waals surface area contributed by atoms with E-state index in [2.05, 4.69) is 10.3 Å². The van der Waals surface area contributed by atoms with E-state index in [-0.39, 0.29) is 5.91 Å². The number of halogens is 3. The minimum atomic E-state index is -5.14. The number of nitrogens with two attached hydrogens (primary N) is 1. The molecule has 4 rings (SSSR count). The summed E-state index contributed by atoms with van der Waals surface area (Å²) in [5.41, 5.74) is 9.38. The van der Waals surface area contributed by atoms with Crippen molar-refractivity contribution in [2.75, 3.05) is 16.8 Å². The molecule has 196 valence electrons. The Labute approximate surface area is 211 Å². The highest BCUT2D eigenvalue weighted by molar-refractivity contribution is 6.05. The third kappa shape index (κ3) is 5.93. The lowest BCUT2D eigenvalue weighted by Gasteiger charge is -2.39. The van der Waals surface area contributed by atoms with Gasteiger partial charge in [-0.15, -0.1) is 0 Å².